The highest BCUT2D eigenvalue weighted by Gasteiger charge is 2.25. The van der Waals surface area contributed by atoms with E-state index in [-0.39, 0.29) is 6.10 Å². The summed E-state index contributed by atoms with van der Waals surface area (Å²) in [5.41, 5.74) is 2.48. The fourth-order valence-corrected chi connectivity index (χ4v) is 3.35. The van der Waals surface area contributed by atoms with Gasteiger partial charge in [-0.2, -0.15) is 0 Å². The molecule has 6 nitrogen and oxygen atoms in total. The second kappa shape index (κ2) is 7.99. The quantitative estimate of drug-likeness (QED) is 0.796. The Labute approximate surface area is 154 Å². The summed E-state index contributed by atoms with van der Waals surface area (Å²) < 4.78 is 5.93. The predicted octanol–water partition coefficient (Wildman–Crippen LogP) is 2.39. The summed E-state index contributed by atoms with van der Waals surface area (Å²) >= 11 is 0. The number of anilines is 1. The minimum Gasteiger partial charge on any atom is -0.487 e. The number of pyridine rings is 1. The second-order valence-electron chi connectivity index (χ2n) is 7.31. The van der Waals surface area contributed by atoms with Crippen molar-refractivity contribution in [3.63, 3.8) is 0 Å². The van der Waals surface area contributed by atoms with Crippen LogP contribution in [0.3, 0.4) is 0 Å². The van der Waals surface area contributed by atoms with E-state index in [1.165, 1.54) is 24.1 Å². The fraction of sp³-hybridized carbons (Fsp3) is 0.550. The van der Waals surface area contributed by atoms with Crippen molar-refractivity contribution in [2.75, 3.05) is 25.0 Å². The van der Waals surface area contributed by atoms with E-state index in [4.69, 9.17) is 14.7 Å². The van der Waals surface area contributed by atoms with E-state index < -0.39 is 0 Å². The summed E-state index contributed by atoms with van der Waals surface area (Å²) in [6, 6.07) is 3.82. The van der Waals surface area contributed by atoms with Crippen LogP contribution in [0.25, 0.3) is 0 Å². The molecule has 1 fully saturated rings. The Balaban J connectivity index is 1.46. The molecule has 138 valence electrons. The van der Waals surface area contributed by atoms with Crippen LogP contribution in [0.1, 0.15) is 36.8 Å². The molecule has 1 atom stereocenters. The smallest absolute Gasteiger partial charge is 0.138 e. The summed E-state index contributed by atoms with van der Waals surface area (Å²) in [7, 11) is 0. The Morgan fingerprint density at radius 3 is 2.96 bits per heavy atom. The van der Waals surface area contributed by atoms with Crippen LogP contribution < -0.4 is 15.4 Å². The average molecular weight is 353 g/mol. The van der Waals surface area contributed by atoms with Gasteiger partial charge in [-0.3, -0.25) is 4.98 Å². The molecule has 1 saturated carbocycles. The van der Waals surface area contributed by atoms with Crippen LogP contribution in [-0.4, -0.2) is 40.7 Å². The van der Waals surface area contributed by atoms with Crippen molar-refractivity contribution in [2.24, 2.45) is 5.92 Å². The first-order valence-electron chi connectivity index (χ1n) is 9.68. The monoisotopic (exact) mass is 353 g/mol. The van der Waals surface area contributed by atoms with E-state index in [1.807, 2.05) is 12.1 Å². The Morgan fingerprint density at radius 1 is 1.27 bits per heavy atom. The zero-order valence-electron chi connectivity index (χ0n) is 15.4. The van der Waals surface area contributed by atoms with Gasteiger partial charge in [0.15, 0.2) is 0 Å². The van der Waals surface area contributed by atoms with Gasteiger partial charge in [0.05, 0.1) is 18.4 Å². The lowest BCUT2D eigenvalue weighted by atomic mass is 10.1. The predicted molar refractivity (Wildman–Crippen MR) is 102 cm³/mol. The molecule has 2 aliphatic rings. The summed E-state index contributed by atoms with van der Waals surface area (Å²) in [6.07, 6.45) is 9.12. The first-order chi connectivity index (χ1) is 12.8. The van der Waals surface area contributed by atoms with Gasteiger partial charge in [0.2, 0.25) is 0 Å². The summed E-state index contributed by atoms with van der Waals surface area (Å²) in [5, 5.41) is 6.99. The molecule has 0 radical (unpaired) electrons. The van der Waals surface area contributed by atoms with Crippen LogP contribution in [0, 0.1) is 5.92 Å². The zero-order chi connectivity index (χ0) is 17.8. The lowest BCUT2D eigenvalue weighted by molar-refractivity contribution is 0.233. The Morgan fingerprint density at radius 2 is 2.15 bits per heavy atom. The van der Waals surface area contributed by atoms with Crippen molar-refractivity contribution in [1.82, 2.24) is 20.3 Å². The molecule has 26 heavy (non-hydrogen) atoms. The highest BCUT2D eigenvalue weighted by atomic mass is 16.5. The van der Waals surface area contributed by atoms with Crippen LogP contribution in [-0.2, 0) is 19.3 Å². The molecular weight excluding hydrogens is 326 g/mol. The van der Waals surface area contributed by atoms with Crippen molar-refractivity contribution < 1.29 is 4.74 Å². The highest BCUT2D eigenvalue weighted by molar-refractivity contribution is 5.48. The molecule has 2 aromatic rings. The summed E-state index contributed by atoms with van der Waals surface area (Å²) in [4.78, 5) is 13.8. The van der Waals surface area contributed by atoms with Gasteiger partial charge >= 0.3 is 0 Å². The molecule has 0 aromatic carbocycles. The van der Waals surface area contributed by atoms with Gasteiger partial charge in [-0.1, -0.05) is 0 Å². The number of rotatable bonds is 7. The summed E-state index contributed by atoms with van der Waals surface area (Å²) in [6.45, 7) is 4.74. The molecule has 1 aliphatic heterocycles. The van der Waals surface area contributed by atoms with E-state index in [0.717, 1.165) is 55.7 Å². The number of nitrogens with zero attached hydrogens (tertiary/aromatic N) is 3. The molecule has 1 aliphatic carbocycles. The van der Waals surface area contributed by atoms with Gasteiger partial charge in [-0.25, -0.2) is 9.97 Å². The SMILES string of the molecule is C[C@@H](CNc1nc(CC2CC2)nc2c1CCNCC2)Oc1cccnc1. The van der Waals surface area contributed by atoms with Gasteiger partial charge in [-0.15, -0.1) is 0 Å². The Hall–Kier alpha value is -2.21. The lowest BCUT2D eigenvalue weighted by Gasteiger charge is -2.18. The molecule has 6 heteroatoms. The Kier molecular flexibility index (Phi) is 5.29. The van der Waals surface area contributed by atoms with Crippen LogP contribution >= 0.6 is 0 Å². The fourth-order valence-electron chi connectivity index (χ4n) is 3.35. The maximum absolute atomic E-state index is 5.93. The molecule has 2 aromatic heterocycles. The van der Waals surface area contributed by atoms with Crippen molar-refractivity contribution in [1.29, 1.82) is 0 Å². The van der Waals surface area contributed by atoms with Crippen molar-refractivity contribution in [3.8, 4) is 5.75 Å². The molecular formula is C20H27N5O. The van der Waals surface area contributed by atoms with E-state index in [1.54, 1.807) is 12.4 Å². The van der Waals surface area contributed by atoms with E-state index in [9.17, 15) is 0 Å². The number of aromatic nitrogens is 3. The van der Waals surface area contributed by atoms with Crippen LogP contribution in [0.15, 0.2) is 24.5 Å². The van der Waals surface area contributed by atoms with Crippen molar-refractivity contribution >= 4 is 5.82 Å². The topological polar surface area (TPSA) is 72.0 Å². The van der Waals surface area contributed by atoms with Crippen molar-refractivity contribution in [3.05, 3.63) is 41.6 Å². The third kappa shape index (κ3) is 4.49. The van der Waals surface area contributed by atoms with Gasteiger partial charge < -0.3 is 15.4 Å². The number of hydrogen-bond acceptors (Lipinski definition) is 6. The largest absolute Gasteiger partial charge is 0.487 e. The molecule has 3 heterocycles. The maximum Gasteiger partial charge on any atom is 0.138 e. The highest BCUT2D eigenvalue weighted by Crippen LogP contribution is 2.32. The van der Waals surface area contributed by atoms with Gasteiger partial charge in [0, 0.05) is 31.1 Å². The first-order valence-corrected chi connectivity index (χ1v) is 9.68. The molecule has 0 saturated heterocycles. The Bertz CT molecular complexity index is 732. The number of ether oxygens (including phenoxy) is 1. The number of nitrogens with one attached hydrogen (secondary N) is 2. The van der Waals surface area contributed by atoms with Crippen LogP contribution in [0.2, 0.25) is 0 Å². The molecule has 4 rings (SSSR count). The van der Waals surface area contributed by atoms with Crippen LogP contribution in [0.5, 0.6) is 5.75 Å². The first kappa shape index (κ1) is 17.2. The van der Waals surface area contributed by atoms with E-state index >= 15 is 0 Å². The average Bonchev–Trinajstić information content (AvgIpc) is 3.47. The lowest BCUT2D eigenvalue weighted by Crippen LogP contribution is -2.24. The van der Waals surface area contributed by atoms with Gasteiger partial charge in [0.25, 0.3) is 0 Å². The van der Waals surface area contributed by atoms with E-state index in [2.05, 4.69) is 22.5 Å². The number of fused-ring (bicyclic) bond motifs is 1. The zero-order valence-corrected chi connectivity index (χ0v) is 15.4. The molecule has 2 N–H and O–H groups in total. The molecule has 0 spiro atoms. The molecule has 0 unspecified atom stereocenters. The van der Waals surface area contributed by atoms with Gasteiger partial charge in [-0.05, 0) is 50.8 Å². The van der Waals surface area contributed by atoms with E-state index in [0.29, 0.717) is 6.54 Å². The second-order valence-corrected chi connectivity index (χ2v) is 7.31. The summed E-state index contributed by atoms with van der Waals surface area (Å²) in [5.74, 6) is 3.58. The van der Waals surface area contributed by atoms with Gasteiger partial charge in [0.1, 0.15) is 23.5 Å². The van der Waals surface area contributed by atoms with Crippen molar-refractivity contribution in [2.45, 2.75) is 45.1 Å². The minimum atomic E-state index is 0.0283. The maximum atomic E-state index is 5.93. The standard InChI is InChI=1S/C20H27N5O/c1-14(26-16-3-2-8-22-13-16)12-23-20-17-6-9-21-10-7-18(17)24-19(25-20)11-15-4-5-15/h2-3,8,13-15,21H,4-7,9-12H2,1H3,(H,23,24,25)/t14-/m0/s1. The third-order valence-corrected chi connectivity index (χ3v) is 4.93. The molecule has 0 bridgehead atoms. The third-order valence-electron chi connectivity index (χ3n) is 4.93. The minimum absolute atomic E-state index is 0.0283. The van der Waals surface area contributed by atoms with Crippen LogP contribution in [0.4, 0.5) is 5.82 Å². The molecule has 0 amide bonds. The normalized spacial score (nSPS) is 17.9. The number of hydrogen-bond donors (Lipinski definition) is 2.